The number of carboxylic acid groups (broad SMARTS) is 1. The number of carbonyl (C=O) groups is 1. The lowest BCUT2D eigenvalue weighted by molar-refractivity contribution is -0.137. The topological polar surface area (TPSA) is 61.8 Å². The monoisotopic (exact) mass is 264 g/mol. The highest BCUT2D eigenvalue weighted by molar-refractivity contribution is 5.67. The summed E-state index contributed by atoms with van der Waals surface area (Å²) >= 11 is 0. The number of hydrogen-bond donors (Lipinski definition) is 2. The minimum Gasteiger partial charge on any atom is -0.497 e. The van der Waals surface area contributed by atoms with Crippen LogP contribution in [0.1, 0.15) is 13.3 Å². The van der Waals surface area contributed by atoms with E-state index in [1.807, 2.05) is 24.3 Å². The molecule has 2 N–H and O–H groups in total. The summed E-state index contributed by atoms with van der Waals surface area (Å²) in [5.41, 5.74) is 1.10. The van der Waals surface area contributed by atoms with Crippen molar-refractivity contribution in [3.8, 4) is 5.75 Å². The highest BCUT2D eigenvalue weighted by Crippen LogP contribution is 2.23. The molecule has 2 rings (SSSR count). The maximum absolute atomic E-state index is 10.8. The van der Waals surface area contributed by atoms with E-state index in [0.29, 0.717) is 12.6 Å². The third-order valence-electron chi connectivity index (χ3n) is 3.48. The molecule has 1 aromatic carbocycles. The summed E-state index contributed by atoms with van der Waals surface area (Å²) in [6.07, 6.45) is 0.152. The molecule has 2 atom stereocenters. The molecule has 0 amide bonds. The second-order valence-corrected chi connectivity index (χ2v) is 4.90. The Kier molecular flexibility index (Phi) is 4.27. The Morgan fingerprint density at radius 3 is 2.74 bits per heavy atom. The first-order valence-corrected chi connectivity index (χ1v) is 6.46. The molecule has 1 fully saturated rings. The van der Waals surface area contributed by atoms with Crippen molar-refractivity contribution < 1.29 is 14.6 Å². The van der Waals surface area contributed by atoms with E-state index < -0.39 is 5.97 Å². The zero-order valence-electron chi connectivity index (χ0n) is 11.3. The molecule has 5 heteroatoms. The Balaban J connectivity index is 2.09. The van der Waals surface area contributed by atoms with Gasteiger partial charge in [0, 0.05) is 30.9 Å². The van der Waals surface area contributed by atoms with Crippen molar-refractivity contribution in [1.29, 1.82) is 0 Å². The van der Waals surface area contributed by atoms with Gasteiger partial charge in [0.05, 0.1) is 13.5 Å². The van der Waals surface area contributed by atoms with Crippen molar-refractivity contribution >= 4 is 11.7 Å². The van der Waals surface area contributed by atoms with Gasteiger partial charge in [-0.25, -0.2) is 0 Å². The van der Waals surface area contributed by atoms with Gasteiger partial charge in [0.15, 0.2) is 0 Å². The summed E-state index contributed by atoms with van der Waals surface area (Å²) in [5, 5.41) is 12.2. The molecule has 0 aliphatic carbocycles. The van der Waals surface area contributed by atoms with Crippen molar-refractivity contribution in [2.75, 3.05) is 25.1 Å². The summed E-state index contributed by atoms with van der Waals surface area (Å²) in [6, 6.07) is 8.22. The lowest BCUT2D eigenvalue weighted by Gasteiger charge is -2.40. The van der Waals surface area contributed by atoms with Gasteiger partial charge in [-0.05, 0) is 31.2 Å². The van der Waals surface area contributed by atoms with E-state index in [1.54, 1.807) is 7.11 Å². The van der Waals surface area contributed by atoms with E-state index in [9.17, 15) is 4.79 Å². The predicted octanol–water partition coefficient (Wildman–Crippen LogP) is 1.34. The van der Waals surface area contributed by atoms with Crippen LogP contribution in [0.25, 0.3) is 0 Å². The number of hydrogen-bond acceptors (Lipinski definition) is 4. The van der Waals surface area contributed by atoms with Gasteiger partial charge in [0.25, 0.3) is 0 Å². The molecule has 1 aliphatic heterocycles. The molecular weight excluding hydrogens is 244 g/mol. The fourth-order valence-corrected chi connectivity index (χ4v) is 2.41. The van der Waals surface area contributed by atoms with Crippen LogP contribution in [-0.2, 0) is 4.79 Å². The van der Waals surface area contributed by atoms with Crippen LogP contribution in [0.5, 0.6) is 5.75 Å². The molecule has 19 heavy (non-hydrogen) atoms. The van der Waals surface area contributed by atoms with Crippen molar-refractivity contribution in [2.24, 2.45) is 0 Å². The Bertz CT molecular complexity index is 433. The maximum Gasteiger partial charge on any atom is 0.304 e. The van der Waals surface area contributed by atoms with E-state index in [1.165, 1.54) is 0 Å². The molecule has 1 saturated heterocycles. The van der Waals surface area contributed by atoms with Crippen LogP contribution in [0, 0.1) is 0 Å². The molecule has 1 heterocycles. The van der Waals surface area contributed by atoms with Crippen LogP contribution in [0.15, 0.2) is 24.3 Å². The third kappa shape index (κ3) is 3.38. The molecular formula is C14H20N2O3. The molecule has 1 aromatic rings. The minimum atomic E-state index is -0.762. The molecule has 0 radical (unpaired) electrons. The first-order valence-electron chi connectivity index (χ1n) is 6.46. The van der Waals surface area contributed by atoms with Crippen LogP contribution in [-0.4, -0.2) is 43.4 Å². The number of nitrogens with one attached hydrogen (secondary N) is 1. The zero-order valence-corrected chi connectivity index (χ0v) is 11.3. The highest BCUT2D eigenvalue weighted by atomic mass is 16.5. The first kappa shape index (κ1) is 13.7. The number of methoxy groups -OCH3 is 1. The van der Waals surface area contributed by atoms with Crippen molar-refractivity contribution in [2.45, 2.75) is 25.4 Å². The van der Waals surface area contributed by atoms with Crippen LogP contribution in [0.3, 0.4) is 0 Å². The van der Waals surface area contributed by atoms with Gasteiger partial charge in [-0.3, -0.25) is 4.79 Å². The molecule has 1 aliphatic rings. The van der Waals surface area contributed by atoms with Crippen molar-refractivity contribution in [3.05, 3.63) is 24.3 Å². The Morgan fingerprint density at radius 2 is 2.16 bits per heavy atom. The molecule has 0 spiro atoms. The van der Waals surface area contributed by atoms with Crippen LogP contribution >= 0.6 is 0 Å². The summed E-state index contributed by atoms with van der Waals surface area (Å²) in [7, 11) is 1.64. The van der Waals surface area contributed by atoms with Gasteiger partial charge in [0.1, 0.15) is 5.75 Å². The van der Waals surface area contributed by atoms with Crippen LogP contribution in [0.2, 0.25) is 0 Å². The molecule has 2 unspecified atom stereocenters. The van der Waals surface area contributed by atoms with Crippen molar-refractivity contribution in [3.63, 3.8) is 0 Å². The van der Waals surface area contributed by atoms with Gasteiger partial charge in [-0.1, -0.05) is 0 Å². The summed E-state index contributed by atoms with van der Waals surface area (Å²) < 4.78 is 5.15. The van der Waals surface area contributed by atoms with E-state index in [-0.39, 0.29) is 12.5 Å². The second kappa shape index (κ2) is 5.93. The molecule has 0 aromatic heterocycles. The first-order chi connectivity index (χ1) is 9.10. The average Bonchev–Trinajstić information content (AvgIpc) is 2.40. The Morgan fingerprint density at radius 1 is 1.47 bits per heavy atom. The lowest BCUT2D eigenvalue weighted by atomic mass is 10.1. The number of benzene rings is 1. The summed E-state index contributed by atoms with van der Waals surface area (Å²) in [4.78, 5) is 13.0. The standard InChI is InChI=1S/C14H20N2O3/c1-10-8-15-11(7-14(17)18)9-16(10)12-3-5-13(19-2)6-4-12/h3-6,10-11,15H,7-9H2,1-2H3,(H,17,18). The molecule has 0 saturated carbocycles. The number of aliphatic carboxylic acids is 1. The quantitative estimate of drug-likeness (QED) is 0.859. The van der Waals surface area contributed by atoms with Gasteiger partial charge >= 0.3 is 5.97 Å². The maximum atomic E-state index is 10.8. The number of piperazine rings is 1. The van der Waals surface area contributed by atoms with E-state index in [4.69, 9.17) is 9.84 Å². The minimum absolute atomic E-state index is 0.00389. The van der Waals surface area contributed by atoms with Gasteiger partial charge < -0.3 is 20.1 Å². The summed E-state index contributed by atoms with van der Waals surface area (Å²) in [6.45, 7) is 3.64. The smallest absolute Gasteiger partial charge is 0.304 e. The average molecular weight is 264 g/mol. The Hall–Kier alpha value is -1.75. The molecule has 0 bridgehead atoms. The third-order valence-corrected chi connectivity index (χ3v) is 3.48. The fourth-order valence-electron chi connectivity index (χ4n) is 2.41. The largest absolute Gasteiger partial charge is 0.497 e. The van der Waals surface area contributed by atoms with Gasteiger partial charge in [-0.2, -0.15) is 0 Å². The van der Waals surface area contributed by atoms with E-state index in [2.05, 4.69) is 17.1 Å². The summed E-state index contributed by atoms with van der Waals surface area (Å²) in [5.74, 6) is 0.0651. The number of carboxylic acids is 1. The SMILES string of the molecule is COc1ccc(N2CC(CC(=O)O)NCC2C)cc1. The fraction of sp³-hybridized carbons (Fsp3) is 0.500. The van der Waals surface area contributed by atoms with E-state index in [0.717, 1.165) is 18.0 Å². The Labute approximate surface area is 113 Å². The van der Waals surface area contributed by atoms with Gasteiger partial charge in [0.2, 0.25) is 0 Å². The zero-order chi connectivity index (χ0) is 13.8. The second-order valence-electron chi connectivity index (χ2n) is 4.90. The van der Waals surface area contributed by atoms with Gasteiger partial charge in [-0.15, -0.1) is 0 Å². The van der Waals surface area contributed by atoms with E-state index >= 15 is 0 Å². The number of rotatable bonds is 4. The van der Waals surface area contributed by atoms with Crippen LogP contribution < -0.4 is 15.0 Å². The lowest BCUT2D eigenvalue weighted by Crippen LogP contribution is -2.56. The highest BCUT2D eigenvalue weighted by Gasteiger charge is 2.26. The van der Waals surface area contributed by atoms with Crippen molar-refractivity contribution in [1.82, 2.24) is 5.32 Å². The van der Waals surface area contributed by atoms with Crippen LogP contribution in [0.4, 0.5) is 5.69 Å². The number of ether oxygens (including phenoxy) is 1. The predicted molar refractivity (Wildman–Crippen MR) is 73.8 cm³/mol. The number of anilines is 1. The number of nitrogens with zero attached hydrogens (tertiary/aromatic N) is 1. The molecule has 104 valence electrons. The normalized spacial score (nSPS) is 23.2. The molecule has 5 nitrogen and oxygen atoms in total.